The Balaban J connectivity index is 1.54. The second kappa shape index (κ2) is 8.60. The van der Waals surface area contributed by atoms with Gasteiger partial charge in [0.05, 0.1) is 16.7 Å². The fourth-order valence-corrected chi connectivity index (χ4v) is 5.94. The van der Waals surface area contributed by atoms with Crippen molar-refractivity contribution in [2.75, 3.05) is 11.9 Å². The number of benzene rings is 2. The first-order chi connectivity index (χ1) is 16.9. The van der Waals surface area contributed by atoms with Gasteiger partial charge in [0.1, 0.15) is 12.3 Å². The van der Waals surface area contributed by atoms with Crippen LogP contribution in [0.2, 0.25) is 0 Å². The predicted molar refractivity (Wildman–Crippen MR) is 133 cm³/mol. The second-order valence-electron chi connectivity index (χ2n) is 11.2. The number of halogens is 3. The van der Waals surface area contributed by atoms with Gasteiger partial charge in [0.25, 0.3) is 0 Å². The molecule has 7 nitrogen and oxygen atoms in total. The van der Waals surface area contributed by atoms with Crippen LogP contribution in [-0.2, 0) is 0 Å². The molecule has 2 aliphatic rings. The van der Waals surface area contributed by atoms with Crippen LogP contribution >= 0.6 is 0 Å². The molecule has 2 aromatic carbocycles. The van der Waals surface area contributed by atoms with E-state index in [2.05, 4.69) is 63.8 Å². The van der Waals surface area contributed by atoms with E-state index >= 15 is 0 Å². The zero-order valence-corrected chi connectivity index (χ0v) is 20.7. The highest BCUT2D eigenvalue weighted by molar-refractivity contribution is 6.04. The molecule has 36 heavy (non-hydrogen) atoms. The van der Waals surface area contributed by atoms with Gasteiger partial charge in [-0.05, 0) is 71.7 Å². The zero-order chi connectivity index (χ0) is 25.7. The van der Waals surface area contributed by atoms with Gasteiger partial charge in [0, 0.05) is 17.3 Å². The molecule has 1 aromatic heterocycles. The number of rotatable bonds is 5. The minimum atomic E-state index is -4.73. The number of anilines is 2. The molecule has 0 spiro atoms. The van der Waals surface area contributed by atoms with Gasteiger partial charge < -0.3 is 14.6 Å². The molecular weight excluding hydrogens is 469 g/mol. The van der Waals surface area contributed by atoms with Crippen LogP contribution in [0.1, 0.15) is 58.6 Å². The molecule has 1 N–H and O–H groups in total. The average Bonchev–Trinajstić information content (AvgIpc) is 3.39. The first kappa shape index (κ1) is 24.3. The lowest BCUT2D eigenvalue weighted by atomic mass is 9.63. The van der Waals surface area contributed by atoms with Crippen molar-refractivity contribution >= 4 is 28.4 Å². The Labute approximate surface area is 207 Å². The van der Waals surface area contributed by atoms with Crippen molar-refractivity contribution < 1.29 is 17.9 Å². The second-order valence-corrected chi connectivity index (χ2v) is 11.2. The van der Waals surface area contributed by atoms with Crippen molar-refractivity contribution in [3.8, 4) is 5.75 Å². The van der Waals surface area contributed by atoms with Crippen molar-refractivity contribution in [2.24, 2.45) is 26.3 Å². The molecule has 3 aromatic rings. The van der Waals surface area contributed by atoms with E-state index in [9.17, 15) is 13.2 Å². The van der Waals surface area contributed by atoms with Crippen LogP contribution in [0.3, 0.4) is 0 Å². The number of hydrogen-bond donors (Lipinski definition) is 1. The summed E-state index contributed by atoms with van der Waals surface area (Å²) >= 11 is 0. The first-order valence-electron chi connectivity index (χ1n) is 12.0. The SMILES string of the molecule is CC1(C)CC(n2c(Nc3ccc(OC(F)(F)F)cc3)nc3cc(C4=NN=NC4)ccc32)CC(C)(C)C1. The number of fused-ring (bicyclic) bond motifs is 1. The van der Waals surface area contributed by atoms with Gasteiger partial charge in [-0.1, -0.05) is 33.8 Å². The molecule has 1 saturated carbocycles. The highest BCUT2D eigenvalue weighted by Gasteiger charge is 2.40. The highest BCUT2D eigenvalue weighted by atomic mass is 19.4. The Morgan fingerprint density at radius 1 is 1.00 bits per heavy atom. The van der Waals surface area contributed by atoms with Crippen LogP contribution < -0.4 is 10.1 Å². The van der Waals surface area contributed by atoms with Crippen molar-refractivity contribution in [3.05, 3.63) is 48.0 Å². The summed E-state index contributed by atoms with van der Waals surface area (Å²) in [4.78, 5) is 4.92. The quantitative estimate of drug-likeness (QED) is 0.393. The van der Waals surface area contributed by atoms with E-state index in [0.29, 0.717) is 18.2 Å². The van der Waals surface area contributed by atoms with E-state index in [1.165, 1.54) is 12.1 Å². The molecule has 0 saturated heterocycles. The molecule has 1 aliphatic heterocycles. The minimum Gasteiger partial charge on any atom is -0.406 e. The van der Waals surface area contributed by atoms with Crippen LogP contribution in [0.15, 0.2) is 57.9 Å². The van der Waals surface area contributed by atoms with Crippen LogP contribution in [0, 0.1) is 10.8 Å². The lowest BCUT2D eigenvalue weighted by Gasteiger charge is -2.45. The van der Waals surface area contributed by atoms with Gasteiger partial charge in [-0.3, -0.25) is 0 Å². The molecule has 2 heterocycles. The summed E-state index contributed by atoms with van der Waals surface area (Å²) in [6.45, 7) is 9.64. The largest absolute Gasteiger partial charge is 0.573 e. The Hall–Kier alpha value is -3.43. The minimum absolute atomic E-state index is 0.151. The monoisotopic (exact) mass is 498 g/mol. The molecule has 0 amide bonds. The van der Waals surface area contributed by atoms with E-state index in [4.69, 9.17) is 4.98 Å². The summed E-state index contributed by atoms with van der Waals surface area (Å²) in [7, 11) is 0. The fraction of sp³-hybridized carbons (Fsp3) is 0.462. The third-order valence-corrected chi connectivity index (χ3v) is 6.71. The number of aromatic nitrogens is 2. The number of nitrogens with one attached hydrogen (secondary N) is 1. The lowest BCUT2D eigenvalue weighted by Crippen LogP contribution is -2.35. The van der Waals surface area contributed by atoms with Gasteiger partial charge in [-0.25, -0.2) is 4.98 Å². The molecule has 0 bridgehead atoms. The van der Waals surface area contributed by atoms with Gasteiger partial charge in [-0.2, -0.15) is 5.11 Å². The number of hydrogen-bond acceptors (Lipinski definition) is 6. The number of imidazole rings is 1. The van der Waals surface area contributed by atoms with Gasteiger partial charge in [0.2, 0.25) is 5.95 Å². The van der Waals surface area contributed by atoms with Gasteiger partial charge >= 0.3 is 6.36 Å². The molecule has 190 valence electrons. The van der Waals surface area contributed by atoms with Crippen molar-refractivity contribution in [2.45, 2.75) is 59.4 Å². The van der Waals surface area contributed by atoms with E-state index in [-0.39, 0.29) is 22.6 Å². The maximum absolute atomic E-state index is 12.6. The molecule has 0 atom stereocenters. The Morgan fingerprint density at radius 3 is 2.31 bits per heavy atom. The predicted octanol–water partition coefficient (Wildman–Crippen LogP) is 7.63. The summed E-state index contributed by atoms with van der Waals surface area (Å²) in [5.41, 5.74) is 4.43. The highest BCUT2D eigenvalue weighted by Crippen LogP contribution is 2.51. The maximum atomic E-state index is 12.6. The van der Waals surface area contributed by atoms with Crippen molar-refractivity contribution in [1.82, 2.24) is 9.55 Å². The first-order valence-corrected chi connectivity index (χ1v) is 12.0. The standard InChI is InChI=1S/C26H29F3N6O/c1-24(2)12-18(13-25(3,4)15-24)35-22-10-5-16(21-14-30-34-33-21)11-20(22)32-23(35)31-17-6-8-19(9-7-17)36-26(27,28)29/h5-11,18H,12-15H2,1-4H3,(H,31,32). The van der Waals surface area contributed by atoms with Crippen LogP contribution in [-0.4, -0.2) is 28.2 Å². The summed E-state index contributed by atoms with van der Waals surface area (Å²) in [5, 5.41) is 15.1. The number of nitrogens with zero attached hydrogens (tertiary/aromatic N) is 5. The Bertz CT molecular complexity index is 1320. The average molecular weight is 499 g/mol. The van der Waals surface area contributed by atoms with E-state index in [1.54, 1.807) is 12.1 Å². The van der Waals surface area contributed by atoms with E-state index < -0.39 is 6.36 Å². The smallest absolute Gasteiger partial charge is 0.406 e. The Morgan fingerprint density at radius 2 is 1.69 bits per heavy atom. The van der Waals surface area contributed by atoms with E-state index in [0.717, 1.165) is 41.6 Å². The van der Waals surface area contributed by atoms with Gasteiger partial charge in [0.15, 0.2) is 0 Å². The summed E-state index contributed by atoms with van der Waals surface area (Å²) in [6.07, 6.45) is -1.63. The fourth-order valence-electron chi connectivity index (χ4n) is 5.94. The van der Waals surface area contributed by atoms with Crippen molar-refractivity contribution in [3.63, 3.8) is 0 Å². The van der Waals surface area contributed by atoms with Crippen LogP contribution in [0.4, 0.5) is 24.8 Å². The molecule has 0 unspecified atom stereocenters. The molecule has 1 aliphatic carbocycles. The van der Waals surface area contributed by atoms with E-state index in [1.807, 2.05) is 12.1 Å². The zero-order valence-electron chi connectivity index (χ0n) is 20.7. The normalized spacial score (nSPS) is 19.5. The third-order valence-electron chi connectivity index (χ3n) is 6.71. The number of alkyl halides is 3. The third kappa shape index (κ3) is 5.22. The molecule has 1 fully saturated rings. The lowest BCUT2D eigenvalue weighted by molar-refractivity contribution is -0.274. The summed E-state index contributed by atoms with van der Waals surface area (Å²) < 4.78 is 43.9. The maximum Gasteiger partial charge on any atom is 0.573 e. The Kier molecular flexibility index (Phi) is 5.80. The van der Waals surface area contributed by atoms with Crippen LogP contribution in [0.25, 0.3) is 11.0 Å². The summed E-state index contributed by atoms with van der Waals surface area (Å²) in [6, 6.07) is 12.0. The number of ether oxygens (including phenoxy) is 1. The molecular formula is C26H29F3N6O. The van der Waals surface area contributed by atoms with Crippen LogP contribution in [0.5, 0.6) is 5.75 Å². The molecule has 5 rings (SSSR count). The van der Waals surface area contributed by atoms with Crippen molar-refractivity contribution in [1.29, 1.82) is 0 Å². The van der Waals surface area contributed by atoms with Gasteiger partial charge in [-0.15, -0.1) is 18.3 Å². The molecule has 10 heteroatoms. The summed E-state index contributed by atoms with van der Waals surface area (Å²) in [5.74, 6) is 0.378. The molecule has 0 radical (unpaired) electrons. The topological polar surface area (TPSA) is 76.2 Å².